The van der Waals surface area contributed by atoms with Gasteiger partial charge in [0.15, 0.2) is 0 Å². The zero-order valence-corrected chi connectivity index (χ0v) is 12.6. The van der Waals surface area contributed by atoms with Crippen molar-refractivity contribution in [3.63, 3.8) is 0 Å². The number of nitrogens with zero attached hydrogens (tertiary/aromatic N) is 3. The minimum Gasteiger partial charge on any atom is -0.340 e. The number of rotatable bonds is 4. The van der Waals surface area contributed by atoms with Gasteiger partial charge in [-0.2, -0.15) is 0 Å². The maximum atomic E-state index is 12.3. The molecule has 0 aliphatic carbocycles. The summed E-state index contributed by atoms with van der Waals surface area (Å²) in [6, 6.07) is 0. The highest BCUT2D eigenvalue weighted by Gasteiger charge is 2.31. The minimum atomic E-state index is -0.135. The van der Waals surface area contributed by atoms with Crippen molar-refractivity contribution in [2.75, 3.05) is 52.4 Å². The summed E-state index contributed by atoms with van der Waals surface area (Å²) in [5, 5.41) is 3.24. The molecule has 0 radical (unpaired) electrons. The fraction of sp³-hybridized carbons (Fsp3) is 0.786. The summed E-state index contributed by atoms with van der Waals surface area (Å²) >= 11 is 0. The molecule has 3 amide bonds. The zero-order chi connectivity index (χ0) is 15.2. The molecule has 2 aliphatic heterocycles. The van der Waals surface area contributed by atoms with Gasteiger partial charge >= 0.3 is 0 Å². The molecule has 7 nitrogen and oxygen atoms in total. The van der Waals surface area contributed by atoms with Crippen LogP contribution in [0.2, 0.25) is 0 Å². The Morgan fingerprint density at radius 1 is 1.10 bits per heavy atom. The molecule has 0 saturated carbocycles. The lowest BCUT2D eigenvalue weighted by Crippen LogP contribution is -2.56. The number of carbonyl (C=O) groups is 3. The topological polar surface area (TPSA) is 73.0 Å². The summed E-state index contributed by atoms with van der Waals surface area (Å²) in [5.41, 5.74) is 0. The molecule has 0 aromatic carbocycles. The zero-order valence-electron chi connectivity index (χ0n) is 12.6. The summed E-state index contributed by atoms with van der Waals surface area (Å²) in [4.78, 5) is 41.0. The van der Waals surface area contributed by atoms with Crippen molar-refractivity contribution in [2.24, 2.45) is 0 Å². The summed E-state index contributed by atoms with van der Waals surface area (Å²) < 4.78 is 0. The van der Waals surface area contributed by atoms with E-state index in [1.54, 1.807) is 9.80 Å². The Balaban J connectivity index is 1.88. The van der Waals surface area contributed by atoms with Gasteiger partial charge in [0.1, 0.15) is 13.1 Å². The van der Waals surface area contributed by atoms with Crippen LogP contribution in [-0.4, -0.2) is 84.8 Å². The first-order valence-corrected chi connectivity index (χ1v) is 7.66. The lowest BCUT2D eigenvalue weighted by Gasteiger charge is -2.34. The molecule has 7 heteroatoms. The average Bonchev–Trinajstić information content (AvgIpc) is 2.73. The minimum absolute atomic E-state index is 0.0184. The molecule has 0 atom stereocenters. The van der Waals surface area contributed by atoms with Gasteiger partial charge in [-0.15, -0.1) is 0 Å². The number of hydrogen-bond donors (Lipinski definition) is 1. The summed E-state index contributed by atoms with van der Waals surface area (Å²) in [7, 11) is 0. The van der Waals surface area contributed by atoms with Gasteiger partial charge in [-0.1, -0.05) is 6.92 Å². The van der Waals surface area contributed by atoms with E-state index in [0.29, 0.717) is 19.6 Å². The third kappa shape index (κ3) is 4.17. The second-order valence-electron chi connectivity index (χ2n) is 5.55. The first kappa shape index (κ1) is 15.8. The van der Waals surface area contributed by atoms with Crippen LogP contribution in [0.5, 0.6) is 0 Å². The maximum absolute atomic E-state index is 12.3. The number of hydrogen-bond acceptors (Lipinski definition) is 4. The van der Waals surface area contributed by atoms with E-state index in [-0.39, 0.29) is 37.4 Å². The van der Waals surface area contributed by atoms with Crippen LogP contribution < -0.4 is 5.32 Å². The highest BCUT2D eigenvalue weighted by Crippen LogP contribution is 2.07. The van der Waals surface area contributed by atoms with Crippen molar-refractivity contribution in [1.29, 1.82) is 0 Å². The molecule has 0 bridgehead atoms. The fourth-order valence-corrected chi connectivity index (χ4v) is 2.68. The lowest BCUT2D eigenvalue weighted by molar-refractivity contribution is -0.152. The van der Waals surface area contributed by atoms with Crippen molar-refractivity contribution >= 4 is 17.7 Å². The molecule has 0 unspecified atom stereocenters. The molecular formula is C14H24N4O3. The van der Waals surface area contributed by atoms with Crippen LogP contribution >= 0.6 is 0 Å². The lowest BCUT2D eigenvalue weighted by atomic mass is 10.2. The number of nitrogens with one attached hydrogen (secondary N) is 1. The van der Waals surface area contributed by atoms with E-state index in [0.717, 1.165) is 25.9 Å². The standard InChI is InChI=1S/C14H24N4O3/c1-2-6-17-9-14(21)18(11-13(17)20)10-12(19)16-7-3-4-15-5-8-16/h15H,2-11H2,1H3. The quantitative estimate of drug-likeness (QED) is 0.714. The third-order valence-corrected chi connectivity index (χ3v) is 3.87. The molecule has 2 saturated heterocycles. The molecular weight excluding hydrogens is 272 g/mol. The molecule has 1 N–H and O–H groups in total. The predicted molar refractivity (Wildman–Crippen MR) is 77.5 cm³/mol. The summed E-state index contributed by atoms with van der Waals surface area (Å²) in [6.45, 7) is 5.79. The molecule has 21 heavy (non-hydrogen) atoms. The molecule has 2 heterocycles. The Hall–Kier alpha value is -1.63. The van der Waals surface area contributed by atoms with Crippen molar-refractivity contribution in [3.8, 4) is 0 Å². The highest BCUT2D eigenvalue weighted by molar-refractivity contribution is 5.95. The van der Waals surface area contributed by atoms with Crippen molar-refractivity contribution in [3.05, 3.63) is 0 Å². The SMILES string of the molecule is CCCN1CC(=O)N(CC(=O)N2CCCNCC2)CC1=O. The summed E-state index contributed by atoms with van der Waals surface area (Å²) in [5.74, 6) is -0.269. The van der Waals surface area contributed by atoms with Crippen LogP contribution in [0.3, 0.4) is 0 Å². The van der Waals surface area contributed by atoms with Gasteiger partial charge in [-0.25, -0.2) is 0 Å². The normalized spacial score (nSPS) is 20.7. The first-order chi connectivity index (χ1) is 10.1. The van der Waals surface area contributed by atoms with Crippen LogP contribution in [0.4, 0.5) is 0 Å². The second kappa shape index (κ2) is 7.40. The molecule has 2 fully saturated rings. The van der Waals surface area contributed by atoms with E-state index in [1.807, 2.05) is 6.92 Å². The highest BCUT2D eigenvalue weighted by atomic mass is 16.2. The Bertz CT molecular complexity index is 405. The van der Waals surface area contributed by atoms with Crippen LogP contribution in [0.1, 0.15) is 19.8 Å². The van der Waals surface area contributed by atoms with Crippen molar-refractivity contribution in [2.45, 2.75) is 19.8 Å². The van der Waals surface area contributed by atoms with E-state index < -0.39 is 0 Å². The fourth-order valence-electron chi connectivity index (χ4n) is 2.68. The van der Waals surface area contributed by atoms with E-state index in [4.69, 9.17) is 0 Å². The van der Waals surface area contributed by atoms with Crippen molar-refractivity contribution in [1.82, 2.24) is 20.0 Å². The molecule has 118 valence electrons. The van der Waals surface area contributed by atoms with E-state index in [2.05, 4.69) is 5.32 Å². The van der Waals surface area contributed by atoms with Gasteiger partial charge in [-0.3, -0.25) is 14.4 Å². The Morgan fingerprint density at radius 2 is 1.81 bits per heavy atom. The molecule has 0 spiro atoms. The van der Waals surface area contributed by atoms with Gasteiger partial charge in [0.05, 0.1) is 6.54 Å². The Labute approximate surface area is 125 Å². The molecule has 2 rings (SSSR count). The number of amides is 3. The Kier molecular flexibility index (Phi) is 5.55. The number of carbonyl (C=O) groups excluding carboxylic acids is 3. The van der Waals surface area contributed by atoms with Crippen LogP contribution in [0.15, 0.2) is 0 Å². The van der Waals surface area contributed by atoms with E-state index in [9.17, 15) is 14.4 Å². The molecule has 0 aromatic rings. The third-order valence-electron chi connectivity index (χ3n) is 3.87. The Morgan fingerprint density at radius 3 is 2.57 bits per heavy atom. The van der Waals surface area contributed by atoms with E-state index in [1.165, 1.54) is 4.90 Å². The van der Waals surface area contributed by atoms with Gasteiger partial charge < -0.3 is 20.0 Å². The van der Waals surface area contributed by atoms with Gasteiger partial charge in [0, 0.05) is 26.2 Å². The maximum Gasteiger partial charge on any atom is 0.243 e. The number of piperazine rings is 1. The van der Waals surface area contributed by atoms with Gasteiger partial charge in [-0.05, 0) is 19.4 Å². The van der Waals surface area contributed by atoms with Gasteiger partial charge in [0.25, 0.3) is 0 Å². The largest absolute Gasteiger partial charge is 0.340 e. The second-order valence-corrected chi connectivity index (χ2v) is 5.55. The monoisotopic (exact) mass is 296 g/mol. The van der Waals surface area contributed by atoms with E-state index >= 15 is 0 Å². The van der Waals surface area contributed by atoms with Crippen LogP contribution in [-0.2, 0) is 14.4 Å². The van der Waals surface area contributed by atoms with Crippen LogP contribution in [0.25, 0.3) is 0 Å². The van der Waals surface area contributed by atoms with Crippen molar-refractivity contribution < 1.29 is 14.4 Å². The summed E-state index contributed by atoms with van der Waals surface area (Å²) in [6.07, 6.45) is 1.75. The average molecular weight is 296 g/mol. The first-order valence-electron chi connectivity index (χ1n) is 7.66. The van der Waals surface area contributed by atoms with Gasteiger partial charge in [0.2, 0.25) is 17.7 Å². The predicted octanol–water partition coefficient (Wildman–Crippen LogP) is -1.11. The smallest absolute Gasteiger partial charge is 0.243 e. The van der Waals surface area contributed by atoms with Crippen LogP contribution in [0, 0.1) is 0 Å². The molecule has 0 aromatic heterocycles. The molecule has 2 aliphatic rings.